The van der Waals surface area contributed by atoms with Gasteiger partial charge in [0.1, 0.15) is 5.75 Å². The molecule has 3 nitrogen and oxygen atoms in total. The molecule has 3 heteroatoms. The summed E-state index contributed by atoms with van der Waals surface area (Å²) in [7, 11) is 0. The van der Waals surface area contributed by atoms with Crippen LogP contribution < -0.4 is 10.1 Å². The molecule has 0 heterocycles. The standard InChI is InChI=1S/C17H25NO2/c1-12-5-6-15(13(2)9-12)20-11-16(19)18-14-7-8-17(3,4)10-14/h5-6,9,14H,7-8,10-11H2,1-4H3,(H,18,19). The van der Waals surface area contributed by atoms with Gasteiger partial charge in [-0.3, -0.25) is 4.79 Å². The lowest BCUT2D eigenvalue weighted by Gasteiger charge is -2.18. The Morgan fingerprint density at radius 2 is 2.15 bits per heavy atom. The predicted octanol–water partition coefficient (Wildman–Crippen LogP) is 3.38. The molecule has 0 aliphatic heterocycles. The summed E-state index contributed by atoms with van der Waals surface area (Å²) in [6.07, 6.45) is 3.31. The molecule has 0 radical (unpaired) electrons. The zero-order chi connectivity index (χ0) is 14.8. The van der Waals surface area contributed by atoms with Crippen LogP contribution >= 0.6 is 0 Å². The second-order valence-electron chi connectivity index (χ2n) is 6.73. The van der Waals surface area contributed by atoms with E-state index in [4.69, 9.17) is 4.74 Å². The highest BCUT2D eigenvalue weighted by Gasteiger charge is 2.31. The Hall–Kier alpha value is -1.51. The molecule has 0 saturated heterocycles. The Morgan fingerprint density at radius 1 is 1.40 bits per heavy atom. The number of nitrogens with one attached hydrogen (secondary N) is 1. The van der Waals surface area contributed by atoms with E-state index in [1.807, 2.05) is 26.0 Å². The first-order chi connectivity index (χ1) is 9.35. The van der Waals surface area contributed by atoms with Gasteiger partial charge in [-0.15, -0.1) is 0 Å². The van der Waals surface area contributed by atoms with Crippen LogP contribution in [-0.2, 0) is 4.79 Å². The Balaban J connectivity index is 1.81. The summed E-state index contributed by atoms with van der Waals surface area (Å²) in [6.45, 7) is 8.66. The average molecular weight is 275 g/mol. The maximum absolute atomic E-state index is 11.9. The molecule has 1 atom stereocenters. The third-order valence-corrected chi connectivity index (χ3v) is 4.02. The number of rotatable bonds is 4. The average Bonchev–Trinajstić information content (AvgIpc) is 2.67. The van der Waals surface area contributed by atoms with Crippen LogP contribution in [0.4, 0.5) is 0 Å². The van der Waals surface area contributed by atoms with Gasteiger partial charge >= 0.3 is 0 Å². The van der Waals surface area contributed by atoms with Gasteiger partial charge in [-0.1, -0.05) is 31.5 Å². The lowest BCUT2D eigenvalue weighted by atomic mass is 9.92. The molecular formula is C17H25NO2. The Kier molecular flexibility index (Phi) is 4.36. The molecule has 2 rings (SSSR count). The minimum atomic E-state index is -0.0207. The molecule has 1 N–H and O–H groups in total. The van der Waals surface area contributed by atoms with Crippen LogP contribution in [0.2, 0.25) is 0 Å². The van der Waals surface area contributed by atoms with E-state index < -0.39 is 0 Å². The van der Waals surface area contributed by atoms with Crippen LogP contribution in [0, 0.1) is 19.3 Å². The topological polar surface area (TPSA) is 38.3 Å². The molecule has 1 unspecified atom stereocenters. The van der Waals surface area contributed by atoms with Crippen molar-refractivity contribution in [2.24, 2.45) is 5.41 Å². The van der Waals surface area contributed by atoms with E-state index in [0.717, 1.165) is 24.2 Å². The number of hydrogen-bond acceptors (Lipinski definition) is 2. The Morgan fingerprint density at radius 3 is 2.75 bits per heavy atom. The smallest absolute Gasteiger partial charge is 0.258 e. The van der Waals surface area contributed by atoms with E-state index >= 15 is 0 Å². The number of ether oxygens (including phenoxy) is 1. The van der Waals surface area contributed by atoms with E-state index in [2.05, 4.69) is 25.2 Å². The van der Waals surface area contributed by atoms with Crippen molar-refractivity contribution in [2.45, 2.75) is 53.0 Å². The number of aryl methyl sites for hydroxylation is 2. The van der Waals surface area contributed by atoms with E-state index in [1.54, 1.807) is 0 Å². The van der Waals surface area contributed by atoms with Crippen LogP contribution in [0.5, 0.6) is 5.75 Å². The van der Waals surface area contributed by atoms with E-state index in [1.165, 1.54) is 12.0 Å². The minimum absolute atomic E-state index is 0.0207. The third-order valence-electron chi connectivity index (χ3n) is 4.02. The molecule has 20 heavy (non-hydrogen) atoms. The van der Waals surface area contributed by atoms with Crippen molar-refractivity contribution in [1.82, 2.24) is 5.32 Å². The number of carbonyl (C=O) groups is 1. The first-order valence-electron chi connectivity index (χ1n) is 7.35. The van der Waals surface area contributed by atoms with Crippen molar-refractivity contribution in [3.8, 4) is 5.75 Å². The second-order valence-corrected chi connectivity index (χ2v) is 6.73. The van der Waals surface area contributed by atoms with Crippen molar-refractivity contribution in [3.05, 3.63) is 29.3 Å². The summed E-state index contributed by atoms with van der Waals surface area (Å²) >= 11 is 0. The Bertz CT molecular complexity index is 494. The van der Waals surface area contributed by atoms with Gasteiger partial charge in [-0.2, -0.15) is 0 Å². The van der Waals surface area contributed by atoms with Gasteiger partial charge in [0.05, 0.1) is 0 Å². The largest absolute Gasteiger partial charge is 0.484 e. The lowest BCUT2D eigenvalue weighted by molar-refractivity contribution is -0.123. The molecule has 1 aromatic rings. The van der Waals surface area contributed by atoms with E-state index in [9.17, 15) is 4.79 Å². The number of hydrogen-bond donors (Lipinski definition) is 1. The van der Waals surface area contributed by atoms with Crippen LogP contribution in [0.3, 0.4) is 0 Å². The molecule has 1 saturated carbocycles. The molecule has 0 bridgehead atoms. The summed E-state index contributed by atoms with van der Waals surface area (Å²) < 4.78 is 5.60. The SMILES string of the molecule is Cc1ccc(OCC(=O)NC2CCC(C)(C)C2)c(C)c1. The monoisotopic (exact) mass is 275 g/mol. The summed E-state index contributed by atoms with van der Waals surface area (Å²) in [5, 5.41) is 3.07. The Labute approximate surface area is 121 Å². The molecular weight excluding hydrogens is 250 g/mol. The quantitative estimate of drug-likeness (QED) is 0.915. The minimum Gasteiger partial charge on any atom is -0.484 e. The zero-order valence-electron chi connectivity index (χ0n) is 13.0. The van der Waals surface area contributed by atoms with E-state index in [-0.39, 0.29) is 12.5 Å². The molecule has 1 amide bonds. The third kappa shape index (κ3) is 3.99. The molecule has 1 aromatic carbocycles. The second kappa shape index (κ2) is 5.86. The first kappa shape index (κ1) is 14.9. The summed E-state index contributed by atoms with van der Waals surface area (Å²) in [4.78, 5) is 11.9. The van der Waals surface area contributed by atoms with Gasteiger partial charge in [-0.25, -0.2) is 0 Å². The van der Waals surface area contributed by atoms with Crippen molar-refractivity contribution in [1.29, 1.82) is 0 Å². The number of carbonyl (C=O) groups excluding carboxylic acids is 1. The van der Waals surface area contributed by atoms with Crippen molar-refractivity contribution in [2.75, 3.05) is 6.61 Å². The normalized spacial score (nSPS) is 20.7. The van der Waals surface area contributed by atoms with Gasteiger partial charge in [0, 0.05) is 6.04 Å². The highest BCUT2D eigenvalue weighted by molar-refractivity contribution is 5.77. The highest BCUT2D eigenvalue weighted by atomic mass is 16.5. The maximum atomic E-state index is 11.9. The molecule has 110 valence electrons. The fraction of sp³-hybridized carbons (Fsp3) is 0.588. The first-order valence-corrected chi connectivity index (χ1v) is 7.35. The van der Waals surface area contributed by atoms with Crippen LogP contribution in [0.15, 0.2) is 18.2 Å². The van der Waals surface area contributed by atoms with Gasteiger partial charge in [0.2, 0.25) is 0 Å². The zero-order valence-corrected chi connectivity index (χ0v) is 13.0. The number of benzene rings is 1. The highest BCUT2D eigenvalue weighted by Crippen LogP contribution is 2.36. The number of amides is 1. The van der Waals surface area contributed by atoms with Crippen molar-refractivity contribution < 1.29 is 9.53 Å². The van der Waals surface area contributed by atoms with E-state index in [0.29, 0.717) is 11.5 Å². The fourth-order valence-electron chi connectivity index (χ4n) is 2.93. The van der Waals surface area contributed by atoms with Crippen LogP contribution in [0.25, 0.3) is 0 Å². The molecule has 1 aliphatic carbocycles. The molecule has 0 spiro atoms. The summed E-state index contributed by atoms with van der Waals surface area (Å²) in [6, 6.07) is 6.29. The predicted molar refractivity (Wildman–Crippen MR) is 81.0 cm³/mol. The van der Waals surface area contributed by atoms with Gasteiger partial charge < -0.3 is 10.1 Å². The van der Waals surface area contributed by atoms with Gasteiger partial charge in [0.25, 0.3) is 5.91 Å². The maximum Gasteiger partial charge on any atom is 0.258 e. The van der Waals surface area contributed by atoms with Crippen molar-refractivity contribution >= 4 is 5.91 Å². The summed E-state index contributed by atoms with van der Waals surface area (Å²) in [5.41, 5.74) is 2.62. The lowest BCUT2D eigenvalue weighted by Crippen LogP contribution is -2.36. The molecule has 1 aliphatic rings. The summed E-state index contributed by atoms with van der Waals surface area (Å²) in [5.74, 6) is 0.769. The van der Waals surface area contributed by atoms with Crippen molar-refractivity contribution in [3.63, 3.8) is 0 Å². The fourth-order valence-corrected chi connectivity index (χ4v) is 2.93. The van der Waals surface area contributed by atoms with Gasteiger partial charge in [-0.05, 0) is 50.2 Å². The van der Waals surface area contributed by atoms with Gasteiger partial charge in [0.15, 0.2) is 6.61 Å². The van der Waals surface area contributed by atoms with Crippen LogP contribution in [0.1, 0.15) is 44.2 Å². The molecule has 1 fully saturated rings. The van der Waals surface area contributed by atoms with Crippen LogP contribution in [-0.4, -0.2) is 18.6 Å². The molecule has 0 aromatic heterocycles.